The van der Waals surface area contributed by atoms with Crippen LogP contribution in [0.3, 0.4) is 0 Å². The van der Waals surface area contributed by atoms with E-state index in [1.807, 2.05) is 30.3 Å². The smallest absolute Gasteiger partial charge is 0.304 e. The topological polar surface area (TPSA) is 90.0 Å². The van der Waals surface area contributed by atoms with E-state index in [1.165, 1.54) is 31.1 Å². The third-order valence-electron chi connectivity index (χ3n) is 7.37. The van der Waals surface area contributed by atoms with Crippen molar-refractivity contribution in [2.45, 2.75) is 50.7 Å². The fourth-order valence-electron chi connectivity index (χ4n) is 5.03. The summed E-state index contributed by atoms with van der Waals surface area (Å²) in [4.78, 5) is 29.5. The molecule has 2 amide bonds. The molecule has 11 heteroatoms. The number of benzene rings is 3. The highest BCUT2D eigenvalue weighted by Crippen LogP contribution is 2.24. The second-order valence-electron chi connectivity index (χ2n) is 10.6. The van der Waals surface area contributed by atoms with Gasteiger partial charge in [0.25, 0.3) is 0 Å². The number of hydrogen-bond acceptors (Lipinski definition) is 4. The molecule has 4 rings (SSSR count). The number of amides is 2. The van der Waals surface area contributed by atoms with Gasteiger partial charge in [0, 0.05) is 38.1 Å². The Morgan fingerprint density at radius 1 is 0.929 bits per heavy atom. The molecule has 1 aliphatic rings. The molecular formula is C31H36ClFN4O4S. The Labute approximate surface area is 252 Å². The maximum atomic E-state index is 14.2. The van der Waals surface area contributed by atoms with Crippen LogP contribution in [-0.2, 0) is 32.8 Å². The van der Waals surface area contributed by atoms with Gasteiger partial charge in [-0.2, -0.15) is 12.7 Å². The average Bonchev–Trinajstić information content (AvgIpc) is 3.48. The maximum Gasteiger partial charge on any atom is 0.304 e. The van der Waals surface area contributed by atoms with Gasteiger partial charge in [-0.05, 0) is 60.4 Å². The Morgan fingerprint density at radius 2 is 1.55 bits per heavy atom. The fourth-order valence-corrected chi connectivity index (χ4v) is 6.21. The molecule has 1 saturated carbocycles. The van der Waals surface area contributed by atoms with Crippen molar-refractivity contribution < 1.29 is 22.4 Å². The van der Waals surface area contributed by atoms with E-state index in [0.717, 1.165) is 57.6 Å². The van der Waals surface area contributed by atoms with Crippen LogP contribution in [0.5, 0.6) is 0 Å². The predicted molar refractivity (Wildman–Crippen MR) is 163 cm³/mol. The van der Waals surface area contributed by atoms with Gasteiger partial charge in [-0.1, -0.05) is 66.9 Å². The minimum atomic E-state index is -4.16. The van der Waals surface area contributed by atoms with Crippen molar-refractivity contribution in [2.24, 2.45) is 0 Å². The molecular weight excluding hydrogens is 579 g/mol. The van der Waals surface area contributed by atoms with Crippen LogP contribution in [-0.4, -0.2) is 62.2 Å². The minimum Gasteiger partial charge on any atom is -0.352 e. The van der Waals surface area contributed by atoms with Gasteiger partial charge in [-0.25, -0.2) is 8.70 Å². The molecule has 8 nitrogen and oxygen atoms in total. The van der Waals surface area contributed by atoms with E-state index in [2.05, 4.69) is 5.32 Å². The van der Waals surface area contributed by atoms with Crippen molar-refractivity contribution in [3.05, 3.63) is 101 Å². The normalized spacial score (nSPS) is 14.5. The van der Waals surface area contributed by atoms with Crippen molar-refractivity contribution in [3.8, 4) is 0 Å². The lowest BCUT2D eigenvalue weighted by Crippen LogP contribution is -2.55. The standard InChI is InChI=1S/C31H36ClFN4O4S/c1-35(2)42(40,41)37(28-18-16-26(33)17-19-28)22-30(38)36(21-24-12-14-25(32)15-13-24)29(20-23-8-4-3-5-9-23)31(39)34-27-10-6-7-11-27/h3-5,8-9,12-19,27,29H,6-7,10-11,20-22H2,1-2H3,(H,34,39)/t29-/m1/s1. The molecule has 0 heterocycles. The summed E-state index contributed by atoms with van der Waals surface area (Å²) in [5.41, 5.74) is 1.71. The number of anilines is 1. The second kappa shape index (κ2) is 14.1. The molecule has 42 heavy (non-hydrogen) atoms. The number of carbonyl (C=O) groups excluding carboxylic acids is 2. The van der Waals surface area contributed by atoms with Gasteiger partial charge in [-0.15, -0.1) is 0 Å². The van der Waals surface area contributed by atoms with Gasteiger partial charge in [0.15, 0.2) is 0 Å². The Morgan fingerprint density at radius 3 is 2.14 bits per heavy atom. The summed E-state index contributed by atoms with van der Waals surface area (Å²) >= 11 is 6.10. The van der Waals surface area contributed by atoms with Crippen molar-refractivity contribution in [3.63, 3.8) is 0 Å². The summed E-state index contributed by atoms with van der Waals surface area (Å²) in [6.07, 6.45) is 4.02. The van der Waals surface area contributed by atoms with Crippen molar-refractivity contribution in [1.29, 1.82) is 0 Å². The number of nitrogens with one attached hydrogen (secondary N) is 1. The number of nitrogens with zero attached hydrogens (tertiary/aromatic N) is 3. The van der Waals surface area contributed by atoms with Crippen LogP contribution in [0.1, 0.15) is 36.8 Å². The van der Waals surface area contributed by atoms with E-state index in [1.54, 1.807) is 24.3 Å². The Kier molecular flexibility index (Phi) is 10.6. The van der Waals surface area contributed by atoms with E-state index in [9.17, 15) is 22.4 Å². The van der Waals surface area contributed by atoms with Gasteiger partial charge in [0.1, 0.15) is 18.4 Å². The number of halogens is 2. The first-order chi connectivity index (χ1) is 20.0. The lowest BCUT2D eigenvalue weighted by molar-refractivity contribution is -0.140. The Bertz CT molecular complexity index is 1450. The van der Waals surface area contributed by atoms with Crippen molar-refractivity contribution in [2.75, 3.05) is 24.9 Å². The molecule has 1 N–H and O–H groups in total. The summed E-state index contributed by atoms with van der Waals surface area (Å²) < 4.78 is 42.4. The van der Waals surface area contributed by atoms with Crippen LogP contribution in [0.25, 0.3) is 0 Å². The Balaban J connectivity index is 1.74. The molecule has 0 saturated heterocycles. The first-order valence-corrected chi connectivity index (χ1v) is 15.7. The predicted octanol–water partition coefficient (Wildman–Crippen LogP) is 4.79. The van der Waals surface area contributed by atoms with Crippen LogP contribution in [0.15, 0.2) is 78.9 Å². The highest BCUT2D eigenvalue weighted by atomic mass is 35.5. The molecule has 0 unspecified atom stereocenters. The zero-order valence-electron chi connectivity index (χ0n) is 23.7. The van der Waals surface area contributed by atoms with Gasteiger partial charge in [0.05, 0.1) is 5.69 Å². The largest absolute Gasteiger partial charge is 0.352 e. The number of hydrogen-bond donors (Lipinski definition) is 1. The van der Waals surface area contributed by atoms with E-state index in [4.69, 9.17) is 11.6 Å². The quantitative estimate of drug-likeness (QED) is 0.318. The van der Waals surface area contributed by atoms with E-state index >= 15 is 0 Å². The second-order valence-corrected chi connectivity index (χ2v) is 13.1. The zero-order chi connectivity index (χ0) is 30.3. The molecule has 0 aliphatic heterocycles. The first-order valence-electron chi connectivity index (χ1n) is 13.9. The van der Waals surface area contributed by atoms with Crippen LogP contribution in [0, 0.1) is 5.82 Å². The first kappa shape index (κ1) is 31.5. The van der Waals surface area contributed by atoms with E-state index in [0.29, 0.717) is 5.02 Å². The molecule has 3 aromatic rings. The molecule has 0 bridgehead atoms. The molecule has 1 aliphatic carbocycles. The van der Waals surface area contributed by atoms with Crippen LogP contribution < -0.4 is 9.62 Å². The molecule has 224 valence electrons. The van der Waals surface area contributed by atoms with Gasteiger partial charge < -0.3 is 10.2 Å². The van der Waals surface area contributed by atoms with Crippen LogP contribution in [0.4, 0.5) is 10.1 Å². The fraction of sp³-hybridized carbons (Fsp3) is 0.355. The maximum absolute atomic E-state index is 14.2. The summed E-state index contributed by atoms with van der Waals surface area (Å²) in [7, 11) is -1.44. The van der Waals surface area contributed by atoms with Crippen molar-refractivity contribution in [1.82, 2.24) is 14.5 Å². The summed E-state index contributed by atoms with van der Waals surface area (Å²) in [5.74, 6) is -1.41. The third kappa shape index (κ3) is 8.08. The van der Waals surface area contributed by atoms with Gasteiger partial charge >= 0.3 is 10.2 Å². The monoisotopic (exact) mass is 614 g/mol. The van der Waals surface area contributed by atoms with E-state index in [-0.39, 0.29) is 30.6 Å². The van der Waals surface area contributed by atoms with Crippen LogP contribution in [0.2, 0.25) is 5.02 Å². The molecule has 1 fully saturated rings. The number of rotatable bonds is 12. The summed E-state index contributed by atoms with van der Waals surface area (Å²) in [6.45, 7) is -0.549. The molecule has 3 aromatic carbocycles. The van der Waals surface area contributed by atoms with E-state index < -0.39 is 34.5 Å². The zero-order valence-corrected chi connectivity index (χ0v) is 25.3. The Hall–Kier alpha value is -3.47. The lowest BCUT2D eigenvalue weighted by Gasteiger charge is -2.35. The third-order valence-corrected chi connectivity index (χ3v) is 9.44. The SMILES string of the molecule is CN(C)S(=O)(=O)N(CC(=O)N(Cc1ccc(Cl)cc1)[C@H](Cc1ccccc1)C(=O)NC1CCCC1)c1ccc(F)cc1. The summed E-state index contributed by atoms with van der Waals surface area (Å²) in [5, 5.41) is 3.66. The van der Waals surface area contributed by atoms with Gasteiger partial charge in [0.2, 0.25) is 11.8 Å². The highest BCUT2D eigenvalue weighted by molar-refractivity contribution is 7.90. The molecule has 0 aromatic heterocycles. The van der Waals surface area contributed by atoms with Crippen LogP contribution >= 0.6 is 11.6 Å². The van der Waals surface area contributed by atoms with Crippen molar-refractivity contribution >= 4 is 39.3 Å². The molecule has 0 radical (unpaired) electrons. The lowest BCUT2D eigenvalue weighted by atomic mass is 10.0. The molecule has 1 atom stereocenters. The highest BCUT2D eigenvalue weighted by Gasteiger charge is 2.35. The van der Waals surface area contributed by atoms with Gasteiger partial charge in [-0.3, -0.25) is 9.59 Å². The average molecular weight is 615 g/mol. The summed E-state index contributed by atoms with van der Waals surface area (Å²) in [6, 6.07) is 20.3. The molecule has 0 spiro atoms. The number of carbonyl (C=O) groups is 2. The minimum absolute atomic E-state index is 0.0214.